The highest BCUT2D eigenvalue weighted by Crippen LogP contribution is 2.29. The Hall–Kier alpha value is -0.800. The fourth-order valence-corrected chi connectivity index (χ4v) is 1.44. The molecule has 0 aliphatic rings. The highest BCUT2D eigenvalue weighted by molar-refractivity contribution is 9.10. The molecule has 70 valence electrons. The maximum absolute atomic E-state index is 9.57. The molecule has 2 nitrogen and oxygen atoms in total. The molecule has 0 fully saturated rings. The number of aryl methyl sites for hydroxylation is 1. The average Bonchev–Trinajstić information content (AvgIpc) is 2.10. The molecule has 0 saturated heterocycles. The van der Waals surface area contributed by atoms with E-state index in [9.17, 15) is 5.11 Å². The standard InChI is InChI=1S/C10H12BrNO/c1-3-9(12)7-5-8(11)6(2)4-10(7)13/h3-5,9,13H,1,12H2,2H3/t9-/m1/s1. The van der Waals surface area contributed by atoms with Gasteiger partial charge in [-0.1, -0.05) is 22.0 Å². The van der Waals surface area contributed by atoms with Gasteiger partial charge in [-0.05, 0) is 24.6 Å². The van der Waals surface area contributed by atoms with E-state index in [0.717, 1.165) is 10.0 Å². The summed E-state index contributed by atoms with van der Waals surface area (Å²) < 4.78 is 0.942. The second-order valence-corrected chi connectivity index (χ2v) is 3.78. The van der Waals surface area contributed by atoms with Gasteiger partial charge < -0.3 is 10.8 Å². The molecular weight excluding hydrogens is 230 g/mol. The Balaban J connectivity index is 3.22. The molecule has 0 spiro atoms. The third kappa shape index (κ3) is 2.11. The molecule has 0 saturated carbocycles. The number of hydrogen-bond acceptors (Lipinski definition) is 2. The van der Waals surface area contributed by atoms with Crippen molar-refractivity contribution in [1.29, 1.82) is 0 Å². The Labute approximate surface area is 86.2 Å². The molecule has 0 aromatic heterocycles. The van der Waals surface area contributed by atoms with Gasteiger partial charge in [-0.15, -0.1) is 6.58 Å². The lowest BCUT2D eigenvalue weighted by Crippen LogP contribution is -2.06. The molecule has 1 aromatic rings. The molecule has 0 bridgehead atoms. The van der Waals surface area contributed by atoms with Gasteiger partial charge in [-0.3, -0.25) is 0 Å². The first kappa shape index (κ1) is 10.3. The Bertz CT molecular complexity index is 336. The van der Waals surface area contributed by atoms with Crippen molar-refractivity contribution < 1.29 is 5.11 Å². The molecule has 1 aromatic carbocycles. The predicted octanol–water partition coefficient (Wildman–Crippen LogP) is 2.65. The molecule has 13 heavy (non-hydrogen) atoms. The Morgan fingerprint density at radius 2 is 2.23 bits per heavy atom. The van der Waals surface area contributed by atoms with Crippen LogP contribution < -0.4 is 5.73 Å². The summed E-state index contributed by atoms with van der Waals surface area (Å²) >= 11 is 3.38. The normalized spacial score (nSPS) is 12.5. The van der Waals surface area contributed by atoms with Crippen LogP contribution in [0.1, 0.15) is 17.2 Å². The van der Waals surface area contributed by atoms with Crippen LogP contribution in [-0.4, -0.2) is 5.11 Å². The van der Waals surface area contributed by atoms with Crippen molar-refractivity contribution in [1.82, 2.24) is 0 Å². The SMILES string of the molecule is C=C[C@@H](N)c1cc(Br)c(C)cc1O. The van der Waals surface area contributed by atoms with Crippen LogP contribution in [0.3, 0.4) is 0 Å². The van der Waals surface area contributed by atoms with Crippen LogP contribution in [0, 0.1) is 6.92 Å². The van der Waals surface area contributed by atoms with Gasteiger partial charge in [0.15, 0.2) is 0 Å². The lowest BCUT2D eigenvalue weighted by molar-refractivity contribution is 0.465. The monoisotopic (exact) mass is 241 g/mol. The maximum Gasteiger partial charge on any atom is 0.121 e. The molecular formula is C10H12BrNO. The van der Waals surface area contributed by atoms with E-state index >= 15 is 0 Å². The quantitative estimate of drug-likeness (QED) is 0.783. The van der Waals surface area contributed by atoms with E-state index in [1.807, 2.05) is 13.0 Å². The minimum atomic E-state index is -0.322. The van der Waals surface area contributed by atoms with E-state index in [1.165, 1.54) is 0 Å². The van der Waals surface area contributed by atoms with Crippen molar-refractivity contribution in [3.8, 4) is 5.75 Å². The molecule has 0 amide bonds. The second-order valence-electron chi connectivity index (χ2n) is 2.92. The molecule has 1 rings (SSSR count). The maximum atomic E-state index is 9.57. The summed E-state index contributed by atoms with van der Waals surface area (Å²) in [5, 5.41) is 9.57. The van der Waals surface area contributed by atoms with E-state index in [1.54, 1.807) is 12.1 Å². The Morgan fingerprint density at radius 1 is 1.62 bits per heavy atom. The molecule has 0 aliphatic heterocycles. The summed E-state index contributed by atoms with van der Waals surface area (Å²) in [6.45, 7) is 5.49. The lowest BCUT2D eigenvalue weighted by atomic mass is 10.0. The van der Waals surface area contributed by atoms with Crippen molar-refractivity contribution in [2.45, 2.75) is 13.0 Å². The minimum absolute atomic E-state index is 0.216. The van der Waals surface area contributed by atoms with Crippen LogP contribution in [0.5, 0.6) is 5.75 Å². The molecule has 0 radical (unpaired) electrons. The predicted molar refractivity (Wildman–Crippen MR) is 57.7 cm³/mol. The molecule has 1 atom stereocenters. The Kier molecular flexibility index (Phi) is 3.12. The van der Waals surface area contributed by atoms with Crippen LogP contribution >= 0.6 is 15.9 Å². The van der Waals surface area contributed by atoms with Gasteiger partial charge in [0.25, 0.3) is 0 Å². The minimum Gasteiger partial charge on any atom is -0.508 e. The van der Waals surface area contributed by atoms with Crippen LogP contribution in [0.2, 0.25) is 0 Å². The molecule has 0 heterocycles. The molecule has 0 unspecified atom stereocenters. The Morgan fingerprint density at radius 3 is 2.77 bits per heavy atom. The van der Waals surface area contributed by atoms with Crippen molar-refractivity contribution >= 4 is 15.9 Å². The van der Waals surface area contributed by atoms with Crippen molar-refractivity contribution in [3.05, 3.63) is 40.4 Å². The summed E-state index contributed by atoms with van der Waals surface area (Å²) in [7, 11) is 0. The molecule has 0 aliphatic carbocycles. The lowest BCUT2D eigenvalue weighted by Gasteiger charge is -2.10. The van der Waals surface area contributed by atoms with Crippen molar-refractivity contribution in [3.63, 3.8) is 0 Å². The van der Waals surface area contributed by atoms with Gasteiger partial charge in [0.1, 0.15) is 5.75 Å². The second kappa shape index (κ2) is 3.94. The number of rotatable bonds is 2. The summed E-state index contributed by atoms with van der Waals surface area (Å²) in [6.07, 6.45) is 1.59. The summed E-state index contributed by atoms with van der Waals surface area (Å²) in [6, 6.07) is 3.18. The van der Waals surface area contributed by atoms with Crippen LogP contribution in [0.4, 0.5) is 0 Å². The van der Waals surface area contributed by atoms with Crippen molar-refractivity contribution in [2.75, 3.05) is 0 Å². The fraction of sp³-hybridized carbons (Fsp3) is 0.200. The van der Waals surface area contributed by atoms with Gasteiger partial charge in [0, 0.05) is 10.0 Å². The number of hydrogen-bond donors (Lipinski definition) is 2. The number of phenols is 1. The smallest absolute Gasteiger partial charge is 0.121 e. The van der Waals surface area contributed by atoms with Crippen LogP contribution in [-0.2, 0) is 0 Å². The van der Waals surface area contributed by atoms with Gasteiger partial charge in [0.05, 0.1) is 6.04 Å². The van der Waals surface area contributed by atoms with Gasteiger partial charge in [-0.25, -0.2) is 0 Å². The zero-order valence-electron chi connectivity index (χ0n) is 7.42. The number of aromatic hydroxyl groups is 1. The molecule has 3 N–H and O–H groups in total. The van der Waals surface area contributed by atoms with E-state index in [-0.39, 0.29) is 11.8 Å². The topological polar surface area (TPSA) is 46.2 Å². The van der Waals surface area contributed by atoms with E-state index < -0.39 is 0 Å². The molecule has 3 heteroatoms. The average molecular weight is 242 g/mol. The first-order chi connectivity index (χ1) is 6.06. The zero-order valence-corrected chi connectivity index (χ0v) is 9.01. The van der Waals surface area contributed by atoms with Crippen LogP contribution in [0.15, 0.2) is 29.3 Å². The summed E-state index contributed by atoms with van der Waals surface area (Å²) in [5.74, 6) is 0.216. The largest absolute Gasteiger partial charge is 0.508 e. The first-order valence-electron chi connectivity index (χ1n) is 3.93. The third-order valence-electron chi connectivity index (χ3n) is 1.92. The van der Waals surface area contributed by atoms with Gasteiger partial charge in [-0.2, -0.15) is 0 Å². The summed E-state index contributed by atoms with van der Waals surface area (Å²) in [5.41, 5.74) is 7.39. The highest BCUT2D eigenvalue weighted by atomic mass is 79.9. The van der Waals surface area contributed by atoms with Gasteiger partial charge in [0.2, 0.25) is 0 Å². The number of halogens is 1. The van der Waals surface area contributed by atoms with E-state index in [2.05, 4.69) is 22.5 Å². The third-order valence-corrected chi connectivity index (χ3v) is 2.78. The fourth-order valence-electron chi connectivity index (χ4n) is 1.08. The zero-order chi connectivity index (χ0) is 10.0. The first-order valence-corrected chi connectivity index (χ1v) is 4.72. The number of nitrogens with two attached hydrogens (primary N) is 1. The van der Waals surface area contributed by atoms with E-state index in [0.29, 0.717) is 5.56 Å². The van der Waals surface area contributed by atoms with Gasteiger partial charge >= 0.3 is 0 Å². The van der Waals surface area contributed by atoms with Crippen molar-refractivity contribution in [2.24, 2.45) is 5.73 Å². The highest BCUT2D eigenvalue weighted by Gasteiger charge is 2.09. The number of phenolic OH excluding ortho intramolecular Hbond substituents is 1. The number of benzene rings is 1. The summed E-state index contributed by atoms with van der Waals surface area (Å²) in [4.78, 5) is 0. The van der Waals surface area contributed by atoms with Crippen LogP contribution in [0.25, 0.3) is 0 Å². The van der Waals surface area contributed by atoms with E-state index in [4.69, 9.17) is 5.73 Å².